The minimum Gasteiger partial charge on any atom is -0.487 e. The van der Waals surface area contributed by atoms with Crippen molar-refractivity contribution in [2.75, 3.05) is 5.73 Å². The lowest BCUT2D eigenvalue weighted by molar-refractivity contribution is 0.306. The van der Waals surface area contributed by atoms with Gasteiger partial charge in [0.05, 0.1) is 5.69 Å². The molecule has 0 saturated carbocycles. The Morgan fingerprint density at radius 2 is 1.45 bits per heavy atom. The number of halogens is 1. The Balaban J connectivity index is 1.72. The molecule has 144 valence electrons. The molecule has 29 heavy (non-hydrogen) atoms. The first kappa shape index (κ1) is 18.6. The van der Waals surface area contributed by atoms with Crippen LogP contribution in [0.1, 0.15) is 5.56 Å². The summed E-state index contributed by atoms with van der Waals surface area (Å²) in [4.78, 5) is 0. The van der Waals surface area contributed by atoms with Crippen LogP contribution in [0.2, 0.25) is 0 Å². The number of benzene rings is 4. The fourth-order valence-corrected chi connectivity index (χ4v) is 3.03. The summed E-state index contributed by atoms with van der Waals surface area (Å²) in [5.74, 6) is 1.41. The van der Waals surface area contributed by atoms with Crippen molar-refractivity contribution in [1.29, 1.82) is 0 Å². The largest absolute Gasteiger partial charge is 0.487 e. The number of anilines is 1. The molecule has 0 bridgehead atoms. The molecular formula is C25H20FNO2. The minimum atomic E-state index is -0.331. The van der Waals surface area contributed by atoms with Crippen molar-refractivity contribution in [3.8, 4) is 28.4 Å². The molecule has 0 radical (unpaired) electrons. The van der Waals surface area contributed by atoms with Crippen molar-refractivity contribution < 1.29 is 13.9 Å². The summed E-state index contributed by atoms with van der Waals surface area (Å²) >= 11 is 0. The molecule has 0 saturated heterocycles. The van der Waals surface area contributed by atoms with Crippen molar-refractivity contribution in [1.82, 2.24) is 0 Å². The molecule has 0 atom stereocenters. The maximum atomic E-state index is 13.8. The molecule has 0 unspecified atom stereocenters. The third-order valence-electron chi connectivity index (χ3n) is 4.47. The maximum absolute atomic E-state index is 13.8. The van der Waals surface area contributed by atoms with E-state index < -0.39 is 0 Å². The van der Waals surface area contributed by atoms with E-state index in [0.29, 0.717) is 40.7 Å². The normalized spacial score (nSPS) is 10.5. The van der Waals surface area contributed by atoms with E-state index >= 15 is 0 Å². The van der Waals surface area contributed by atoms with Gasteiger partial charge in [0.2, 0.25) is 0 Å². The Morgan fingerprint density at radius 1 is 0.724 bits per heavy atom. The Labute approximate surface area is 169 Å². The van der Waals surface area contributed by atoms with Gasteiger partial charge in [-0.1, -0.05) is 60.7 Å². The highest BCUT2D eigenvalue weighted by atomic mass is 19.1. The lowest BCUT2D eigenvalue weighted by Gasteiger charge is -2.16. The zero-order valence-electron chi connectivity index (χ0n) is 15.7. The third-order valence-corrected chi connectivity index (χ3v) is 4.47. The SMILES string of the molecule is Nc1c(OCc2ccccc2)cc(Oc2ccccc2)cc1-c1cccc(F)c1. The van der Waals surface area contributed by atoms with Crippen molar-refractivity contribution >= 4 is 5.69 Å². The number of ether oxygens (including phenoxy) is 2. The average Bonchev–Trinajstić information content (AvgIpc) is 2.75. The molecule has 0 aliphatic carbocycles. The predicted octanol–water partition coefficient (Wildman–Crippen LogP) is 6.45. The van der Waals surface area contributed by atoms with Gasteiger partial charge in [0.1, 0.15) is 29.7 Å². The number of nitrogen functional groups attached to an aromatic ring is 1. The molecular weight excluding hydrogens is 365 g/mol. The zero-order valence-corrected chi connectivity index (χ0v) is 15.7. The van der Waals surface area contributed by atoms with Crippen LogP contribution in [0.3, 0.4) is 0 Å². The van der Waals surface area contributed by atoms with Gasteiger partial charge in [-0.3, -0.25) is 0 Å². The van der Waals surface area contributed by atoms with Gasteiger partial charge in [0, 0.05) is 11.6 Å². The molecule has 4 aromatic carbocycles. The highest BCUT2D eigenvalue weighted by Crippen LogP contribution is 2.39. The second kappa shape index (κ2) is 8.48. The van der Waals surface area contributed by atoms with Crippen LogP contribution in [-0.4, -0.2) is 0 Å². The lowest BCUT2D eigenvalue weighted by Crippen LogP contribution is -2.01. The molecule has 2 N–H and O–H groups in total. The molecule has 0 fully saturated rings. The first-order valence-electron chi connectivity index (χ1n) is 9.28. The molecule has 3 nitrogen and oxygen atoms in total. The quantitative estimate of drug-likeness (QED) is 0.388. The summed E-state index contributed by atoms with van der Waals surface area (Å²) < 4.78 is 25.8. The summed E-state index contributed by atoms with van der Waals surface area (Å²) in [6, 6.07) is 29.1. The second-order valence-corrected chi connectivity index (χ2v) is 6.58. The highest BCUT2D eigenvalue weighted by molar-refractivity contribution is 5.82. The summed E-state index contributed by atoms with van der Waals surface area (Å²) in [6.07, 6.45) is 0. The van der Waals surface area contributed by atoms with Gasteiger partial charge in [-0.15, -0.1) is 0 Å². The molecule has 4 heteroatoms. The molecule has 0 amide bonds. The summed E-state index contributed by atoms with van der Waals surface area (Å²) in [7, 11) is 0. The van der Waals surface area contributed by atoms with Crippen LogP contribution in [0, 0.1) is 5.82 Å². The summed E-state index contributed by atoms with van der Waals surface area (Å²) in [5.41, 5.74) is 9.16. The van der Waals surface area contributed by atoms with E-state index in [1.807, 2.05) is 66.7 Å². The van der Waals surface area contributed by atoms with E-state index in [2.05, 4.69) is 0 Å². The number of para-hydroxylation sites is 1. The predicted molar refractivity (Wildman–Crippen MR) is 114 cm³/mol. The average molecular weight is 385 g/mol. The fourth-order valence-electron chi connectivity index (χ4n) is 3.03. The monoisotopic (exact) mass is 385 g/mol. The Hall–Kier alpha value is -3.79. The Kier molecular flexibility index (Phi) is 5.43. The van der Waals surface area contributed by atoms with E-state index in [0.717, 1.165) is 5.56 Å². The third kappa shape index (κ3) is 4.55. The molecule has 0 aliphatic heterocycles. The van der Waals surface area contributed by atoms with Gasteiger partial charge < -0.3 is 15.2 Å². The topological polar surface area (TPSA) is 44.5 Å². The molecule has 4 rings (SSSR count). The van der Waals surface area contributed by atoms with Crippen LogP contribution >= 0.6 is 0 Å². The number of rotatable bonds is 6. The molecule has 0 spiro atoms. The van der Waals surface area contributed by atoms with Crippen molar-refractivity contribution in [3.63, 3.8) is 0 Å². The fraction of sp³-hybridized carbons (Fsp3) is 0.0400. The van der Waals surface area contributed by atoms with Crippen LogP contribution in [0.4, 0.5) is 10.1 Å². The van der Waals surface area contributed by atoms with E-state index in [-0.39, 0.29) is 5.82 Å². The first-order valence-corrected chi connectivity index (χ1v) is 9.28. The first-order chi connectivity index (χ1) is 14.2. The van der Waals surface area contributed by atoms with Gasteiger partial charge in [0.25, 0.3) is 0 Å². The summed E-state index contributed by atoms with van der Waals surface area (Å²) in [6.45, 7) is 0.364. The number of hydrogen-bond donors (Lipinski definition) is 1. The van der Waals surface area contributed by atoms with Crippen LogP contribution in [0.5, 0.6) is 17.2 Å². The standard InChI is InChI=1S/C25H20FNO2/c26-20-11-7-10-19(14-20)23-15-22(29-21-12-5-2-6-13-21)16-24(25(23)27)28-17-18-8-3-1-4-9-18/h1-16H,17,27H2. The van der Waals surface area contributed by atoms with E-state index in [4.69, 9.17) is 15.2 Å². The van der Waals surface area contributed by atoms with Crippen LogP contribution in [0.25, 0.3) is 11.1 Å². The molecule has 0 heterocycles. The molecule has 4 aromatic rings. The van der Waals surface area contributed by atoms with Gasteiger partial charge in [-0.05, 0) is 41.5 Å². The minimum absolute atomic E-state index is 0.331. The van der Waals surface area contributed by atoms with Gasteiger partial charge in [-0.25, -0.2) is 4.39 Å². The Morgan fingerprint density at radius 3 is 2.17 bits per heavy atom. The summed E-state index contributed by atoms with van der Waals surface area (Å²) in [5, 5.41) is 0. The van der Waals surface area contributed by atoms with Crippen LogP contribution in [-0.2, 0) is 6.61 Å². The Bertz CT molecular complexity index is 1100. The number of nitrogens with two attached hydrogens (primary N) is 1. The van der Waals surface area contributed by atoms with Gasteiger partial charge in [-0.2, -0.15) is 0 Å². The van der Waals surface area contributed by atoms with E-state index in [9.17, 15) is 4.39 Å². The maximum Gasteiger partial charge on any atom is 0.147 e. The van der Waals surface area contributed by atoms with E-state index in [1.54, 1.807) is 18.2 Å². The molecule has 0 aliphatic rings. The van der Waals surface area contributed by atoms with Crippen molar-refractivity contribution in [2.45, 2.75) is 6.61 Å². The van der Waals surface area contributed by atoms with Crippen molar-refractivity contribution in [2.24, 2.45) is 0 Å². The van der Waals surface area contributed by atoms with Gasteiger partial charge in [0.15, 0.2) is 0 Å². The van der Waals surface area contributed by atoms with E-state index in [1.165, 1.54) is 12.1 Å². The van der Waals surface area contributed by atoms with Crippen LogP contribution < -0.4 is 15.2 Å². The smallest absolute Gasteiger partial charge is 0.147 e. The number of hydrogen-bond acceptors (Lipinski definition) is 3. The zero-order chi connectivity index (χ0) is 20.1. The molecule has 0 aromatic heterocycles. The second-order valence-electron chi connectivity index (χ2n) is 6.58. The van der Waals surface area contributed by atoms with Gasteiger partial charge >= 0.3 is 0 Å². The van der Waals surface area contributed by atoms with Crippen molar-refractivity contribution in [3.05, 3.63) is 108 Å². The van der Waals surface area contributed by atoms with Crippen LogP contribution in [0.15, 0.2) is 97.1 Å². The highest BCUT2D eigenvalue weighted by Gasteiger charge is 2.14. The lowest BCUT2D eigenvalue weighted by atomic mass is 10.0.